The largest absolute Gasteiger partial charge is 0.462 e. The van der Waals surface area contributed by atoms with E-state index in [1.165, 1.54) is 14.2 Å². The van der Waals surface area contributed by atoms with Crippen molar-refractivity contribution in [3.05, 3.63) is 0 Å². The van der Waals surface area contributed by atoms with Gasteiger partial charge in [-0.2, -0.15) is 0 Å². The summed E-state index contributed by atoms with van der Waals surface area (Å²) in [6.07, 6.45) is 0.902. The Hall–Kier alpha value is -0.433. The van der Waals surface area contributed by atoms with E-state index in [2.05, 4.69) is 0 Å². The number of hydrogen-bond donors (Lipinski definition) is 0. The fourth-order valence-electron chi connectivity index (χ4n) is 0.988. The van der Waals surface area contributed by atoms with Crippen LogP contribution < -0.4 is 0 Å². The molecule has 0 aromatic carbocycles. The van der Waals surface area contributed by atoms with Crippen LogP contribution in [0.3, 0.4) is 0 Å². The lowest BCUT2D eigenvalue weighted by Crippen LogP contribution is -2.31. The second-order valence-electron chi connectivity index (χ2n) is 2.78. The van der Waals surface area contributed by atoms with Gasteiger partial charge in [0.2, 0.25) is 0 Å². The van der Waals surface area contributed by atoms with E-state index in [1.807, 2.05) is 6.92 Å². The lowest BCUT2D eigenvalue weighted by Gasteiger charge is -2.18. The minimum absolute atomic E-state index is 0.00887. The van der Waals surface area contributed by atoms with E-state index in [1.54, 1.807) is 0 Å². The summed E-state index contributed by atoms with van der Waals surface area (Å²) in [5.74, 6) is -0.323. The molecule has 14 heavy (non-hydrogen) atoms. The van der Waals surface area contributed by atoms with Gasteiger partial charge >= 0.3 is 5.97 Å². The van der Waals surface area contributed by atoms with Gasteiger partial charge in [0.1, 0.15) is 6.54 Å². The van der Waals surface area contributed by atoms with Crippen molar-refractivity contribution in [1.29, 1.82) is 0 Å². The highest BCUT2D eigenvalue weighted by Gasteiger charge is 2.14. The third kappa shape index (κ3) is 5.33. The first-order valence-electron chi connectivity index (χ1n) is 4.73. The van der Waals surface area contributed by atoms with Crippen molar-refractivity contribution in [2.45, 2.75) is 25.5 Å². The van der Waals surface area contributed by atoms with Crippen LogP contribution in [0.25, 0.3) is 0 Å². The molecule has 0 aliphatic rings. The Morgan fingerprint density at radius 2 is 2.00 bits per heavy atom. The monoisotopic (exact) mass is 221 g/mol. The van der Waals surface area contributed by atoms with E-state index < -0.39 is 0 Å². The Morgan fingerprint density at radius 3 is 2.36 bits per heavy atom. The van der Waals surface area contributed by atoms with Crippen LogP contribution in [-0.4, -0.2) is 48.3 Å². The van der Waals surface area contributed by atoms with E-state index >= 15 is 0 Å². The number of carbonyl (C=O) groups excluding carboxylic acids is 1. The first kappa shape index (κ1) is 13.6. The van der Waals surface area contributed by atoms with Crippen molar-refractivity contribution in [2.75, 3.05) is 20.8 Å². The minimum Gasteiger partial charge on any atom is -0.462 e. The first-order valence-corrected chi connectivity index (χ1v) is 6.14. The van der Waals surface area contributed by atoms with Crippen molar-refractivity contribution < 1.29 is 19.2 Å². The lowest BCUT2D eigenvalue weighted by molar-refractivity contribution is -0.339. The topological polar surface area (TPSA) is 48.0 Å². The number of rotatable bonds is 7. The Labute approximate surface area is 87.6 Å². The summed E-state index contributed by atoms with van der Waals surface area (Å²) < 4.78 is 5.18. The second kappa shape index (κ2) is 7.92. The van der Waals surface area contributed by atoms with Gasteiger partial charge < -0.3 is 4.74 Å². The molecule has 0 fully saturated rings. The average molecular weight is 221 g/mol. The lowest BCUT2D eigenvalue weighted by atomic mass is 10.3. The zero-order valence-electron chi connectivity index (χ0n) is 9.28. The van der Waals surface area contributed by atoms with Gasteiger partial charge in [-0.05, 0) is 12.5 Å². The van der Waals surface area contributed by atoms with Crippen molar-refractivity contribution in [1.82, 2.24) is 5.23 Å². The standard InChI is InChI=1S/C8H19NO4Si/c1-4-7(6-14)13-8(10)5-9(11-2)12-3/h7H,4-6H2,1-3,14H3. The van der Waals surface area contributed by atoms with Gasteiger partial charge in [-0.1, -0.05) is 12.2 Å². The van der Waals surface area contributed by atoms with Crippen LogP contribution in [0, 0.1) is 0 Å². The quantitative estimate of drug-likeness (QED) is 0.330. The molecule has 0 N–H and O–H groups in total. The minimum atomic E-state index is -0.323. The maximum absolute atomic E-state index is 11.3. The highest BCUT2D eigenvalue weighted by Crippen LogP contribution is 2.03. The second-order valence-corrected chi connectivity index (χ2v) is 3.60. The average Bonchev–Trinajstić information content (AvgIpc) is 2.22. The van der Waals surface area contributed by atoms with Crippen LogP contribution in [0.4, 0.5) is 0 Å². The highest BCUT2D eigenvalue weighted by molar-refractivity contribution is 6.08. The molecule has 1 unspecified atom stereocenters. The van der Waals surface area contributed by atoms with Gasteiger partial charge in [-0.15, -0.1) is 0 Å². The van der Waals surface area contributed by atoms with E-state index in [0.717, 1.165) is 27.9 Å². The number of nitrogens with zero attached hydrogens (tertiary/aromatic N) is 1. The summed E-state index contributed by atoms with van der Waals surface area (Å²) in [5, 5.41) is 1.07. The molecule has 0 aliphatic heterocycles. The van der Waals surface area contributed by atoms with Gasteiger partial charge in [0, 0.05) is 10.2 Å². The van der Waals surface area contributed by atoms with Crippen LogP contribution in [-0.2, 0) is 19.2 Å². The molecule has 0 radical (unpaired) electrons. The summed E-state index contributed by atoms with van der Waals surface area (Å²) in [5.41, 5.74) is 0. The summed E-state index contributed by atoms with van der Waals surface area (Å²) in [7, 11) is 3.90. The summed E-state index contributed by atoms with van der Waals surface area (Å²) in [6.45, 7) is 1.99. The third-order valence-corrected chi connectivity index (χ3v) is 2.78. The molecule has 0 spiro atoms. The molecular weight excluding hydrogens is 202 g/mol. The maximum atomic E-state index is 11.3. The van der Waals surface area contributed by atoms with Crippen LogP contribution in [0.5, 0.6) is 0 Å². The molecule has 0 amide bonds. The van der Waals surface area contributed by atoms with Crippen LogP contribution in [0.15, 0.2) is 0 Å². The Morgan fingerprint density at radius 1 is 1.43 bits per heavy atom. The van der Waals surface area contributed by atoms with Crippen molar-refractivity contribution in [2.24, 2.45) is 0 Å². The Bertz CT molecular complexity index is 143. The molecule has 6 heteroatoms. The third-order valence-electron chi connectivity index (χ3n) is 1.87. The van der Waals surface area contributed by atoms with Crippen LogP contribution >= 0.6 is 0 Å². The van der Waals surface area contributed by atoms with Gasteiger partial charge in [0.05, 0.1) is 20.3 Å². The molecule has 0 rings (SSSR count). The van der Waals surface area contributed by atoms with Gasteiger partial charge in [-0.3, -0.25) is 14.5 Å². The van der Waals surface area contributed by atoms with E-state index in [4.69, 9.17) is 14.4 Å². The fourth-order valence-corrected chi connectivity index (χ4v) is 1.73. The fraction of sp³-hybridized carbons (Fsp3) is 0.875. The molecular formula is C8H19NO4Si. The molecule has 84 valence electrons. The van der Waals surface area contributed by atoms with Gasteiger partial charge in [-0.25, -0.2) is 0 Å². The molecule has 5 nitrogen and oxygen atoms in total. The zero-order chi connectivity index (χ0) is 11.0. The summed E-state index contributed by atoms with van der Waals surface area (Å²) >= 11 is 0. The number of hydrogen-bond acceptors (Lipinski definition) is 5. The molecule has 0 heterocycles. The molecule has 0 aromatic heterocycles. The van der Waals surface area contributed by atoms with Crippen molar-refractivity contribution in [3.63, 3.8) is 0 Å². The smallest absolute Gasteiger partial charge is 0.325 e. The predicted molar refractivity (Wildman–Crippen MR) is 55.6 cm³/mol. The molecule has 0 bridgehead atoms. The van der Waals surface area contributed by atoms with Crippen LogP contribution in [0.1, 0.15) is 13.3 Å². The SMILES string of the molecule is CCC(C[SiH3])OC(=O)CN(OC)OC. The highest BCUT2D eigenvalue weighted by atomic mass is 28.1. The van der Waals surface area contributed by atoms with E-state index in [9.17, 15) is 4.79 Å². The van der Waals surface area contributed by atoms with Gasteiger partial charge in [0.25, 0.3) is 0 Å². The molecule has 1 atom stereocenters. The summed E-state index contributed by atoms with van der Waals surface area (Å²) in [4.78, 5) is 20.8. The van der Waals surface area contributed by atoms with E-state index in [-0.39, 0.29) is 18.6 Å². The number of hydroxylamine groups is 2. The first-order chi connectivity index (χ1) is 6.67. The predicted octanol–water partition coefficient (Wildman–Crippen LogP) is -0.483. The molecule has 0 aliphatic carbocycles. The number of esters is 1. The molecule has 0 saturated heterocycles. The van der Waals surface area contributed by atoms with Crippen molar-refractivity contribution in [3.8, 4) is 0 Å². The molecule has 0 aromatic rings. The van der Waals surface area contributed by atoms with Crippen molar-refractivity contribution >= 4 is 16.2 Å². The molecule has 0 saturated carbocycles. The maximum Gasteiger partial charge on any atom is 0.325 e. The Kier molecular flexibility index (Phi) is 7.68. The summed E-state index contributed by atoms with van der Waals surface area (Å²) in [6, 6.07) is 0.961. The van der Waals surface area contributed by atoms with E-state index in [0.29, 0.717) is 0 Å². The van der Waals surface area contributed by atoms with Gasteiger partial charge in [0.15, 0.2) is 0 Å². The number of ether oxygens (including phenoxy) is 1. The number of carbonyl (C=O) groups is 1. The van der Waals surface area contributed by atoms with Crippen LogP contribution in [0.2, 0.25) is 6.04 Å². The zero-order valence-corrected chi connectivity index (χ0v) is 11.3. The Balaban J connectivity index is 3.83. The normalized spacial score (nSPS) is 13.1.